The van der Waals surface area contributed by atoms with Gasteiger partial charge in [0.05, 0.1) is 6.04 Å². The Hall–Kier alpha value is -2.44. The first kappa shape index (κ1) is 17.0. The Morgan fingerprint density at radius 3 is 2.96 bits per heavy atom. The number of rotatable bonds is 3. The molecule has 4 rings (SSSR count). The summed E-state index contributed by atoms with van der Waals surface area (Å²) in [7, 11) is 1.63. The number of nitrogens with one attached hydrogen (secondary N) is 1. The van der Waals surface area contributed by atoms with E-state index in [-0.39, 0.29) is 11.9 Å². The highest BCUT2D eigenvalue weighted by atomic mass is 16.1. The van der Waals surface area contributed by atoms with Crippen molar-refractivity contribution in [3.8, 4) is 0 Å². The number of carbonyl (C=O) groups excluding carboxylic acids is 1. The van der Waals surface area contributed by atoms with Crippen LogP contribution in [-0.2, 0) is 12.8 Å². The van der Waals surface area contributed by atoms with E-state index in [1.54, 1.807) is 19.4 Å². The van der Waals surface area contributed by atoms with Crippen LogP contribution in [0.5, 0.6) is 0 Å². The lowest BCUT2D eigenvalue weighted by Gasteiger charge is -2.35. The number of amides is 1. The molecule has 3 heterocycles. The average Bonchev–Trinajstić information content (AvgIpc) is 3.06. The van der Waals surface area contributed by atoms with Crippen molar-refractivity contribution < 1.29 is 4.79 Å². The summed E-state index contributed by atoms with van der Waals surface area (Å²) in [5.41, 5.74) is 3.05. The maximum Gasteiger partial charge on any atom is 0.271 e. The number of nitrogens with zero attached hydrogens (tertiary/aromatic N) is 5. The number of carbonyl (C=O) groups is 1. The van der Waals surface area contributed by atoms with Gasteiger partial charge in [-0.05, 0) is 44.6 Å². The van der Waals surface area contributed by atoms with E-state index >= 15 is 0 Å². The van der Waals surface area contributed by atoms with Gasteiger partial charge in [0.15, 0.2) is 0 Å². The van der Waals surface area contributed by atoms with E-state index in [2.05, 4.69) is 25.3 Å². The van der Waals surface area contributed by atoms with Crippen molar-refractivity contribution in [2.75, 3.05) is 25.0 Å². The van der Waals surface area contributed by atoms with Gasteiger partial charge in [-0.15, -0.1) is 0 Å². The van der Waals surface area contributed by atoms with Crippen LogP contribution in [0.1, 0.15) is 59.9 Å². The predicted molar refractivity (Wildman–Crippen MR) is 99.4 cm³/mol. The molecule has 2 aromatic rings. The van der Waals surface area contributed by atoms with Crippen molar-refractivity contribution in [3.63, 3.8) is 0 Å². The van der Waals surface area contributed by atoms with Crippen LogP contribution in [0.2, 0.25) is 0 Å². The molecule has 0 spiro atoms. The van der Waals surface area contributed by atoms with Crippen molar-refractivity contribution in [1.82, 2.24) is 25.1 Å². The van der Waals surface area contributed by atoms with Crippen LogP contribution in [0.25, 0.3) is 0 Å². The second kappa shape index (κ2) is 7.43. The summed E-state index contributed by atoms with van der Waals surface area (Å²) in [5.74, 6) is 0.970. The molecule has 0 aromatic carbocycles. The zero-order valence-corrected chi connectivity index (χ0v) is 15.3. The molecular weight excluding hydrogens is 328 g/mol. The maximum atomic E-state index is 11.8. The molecular formula is C19H26N6O. The Morgan fingerprint density at radius 1 is 1.19 bits per heavy atom. The number of piperidine rings is 1. The Balaban J connectivity index is 1.56. The van der Waals surface area contributed by atoms with Crippen molar-refractivity contribution in [1.29, 1.82) is 0 Å². The van der Waals surface area contributed by atoms with E-state index in [1.165, 1.54) is 30.5 Å². The number of aryl methyl sites for hydroxylation is 1. The summed E-state index contributed by atoms with van der Waals surface area (Å²) < 4.78 is 1.94. The van der Waals surface area contributed by atoms with Crippen LogP contribution in [0.3, 0.4) is 0 Å². The van der Waals surface area contributed by atoms with E-state index in [4.69, 9.17) is 0 Å². The molecule has 1 saturated heterocycles. The van der Waals surface area contributed by atoms with Gasteiger partial charge in [-0.25, -0.2) is 9.97 Å². The number of hydrogen-bond donors (Lipinski definition) is 1. The topological polar surface area (TPSA) is 75.9 Å². The van der Waals surface area contributed by atoms with Gasteiger partial charge < -0.3 is 10.2 Å². The third-order valence-corrected chi connectivity index (χ3v) is 5.49. The van der Waals surface area contributed by atoms with Gasteiger partial charge in [-0.1, -0.05) is 6.42 Å². The van der Waals surface area contributed by atoms with Crippen LogP contribution in [-0.4, -0.2) is 45.8 Å². The second-order valence-corrected chi connectivity index (χ2v) is 7.19. The zero-order valence-electron chi connectivity index (χ0n) is 15.3. The maximum absolute atomic E-state index is 11.8. The molecule has 7 heteroatoms. The zero-order chi connectivity index (χ0) is 17.9. The average molecular weight is 354 g/mol. The van der Waals surface area contributed by atoms with Crippen LogP contribution in [0.4, 0.5) is 5.82 Å². The summed E-state index contributed by atoms with van der Waals surface area (Å²) in [4.78, 5) is 23.4. The van der Waals surface area contributed by atoms with E-state index in [0.29, 0.717) is 5.69 Å². The monoisotopic (exact) mass is 354 g/mol. The molecule has 7 nitrogen and oxygen atoms in total. The van der Waals surface area contributed by atoms with Crippen molar-refractivity contribution in [2.45, 2.75) is 51.0 Å². The number of fused-ring (bicyclic) bond motifs is 1. The molecule has 2 aromatic heterocycles. The van der Waals surface area contributed by atoms with Crippen LogP contribution >= 0.6 is 0 Å². The lowest BCUT2D eigenvalue weighted by atomic mass is 10.0. The SMILES string of the molecule is CNC(=O)c1ccn([C@@H]2CCCN(c3ncnc4c3CCCCC4)C2)n1. The lowest BCUT2D eigenvalue weighted by molar-refractivity contribution is 0.0957. The Labute approximate surface area is 153 Å². The Morgan fingerprint density at radius 2 is 2.08 bits per heavy atom. The van der Waals surface area contributed by atoms with Crippen LogP contribution < -0.4 is 10.2 Å². The molecule has 0 radical (unpaired) electrons. The van der Waals surface area contributed by atoms with Crippen LogP contribution in [0, 0.1) is 0 Å². The highest BCUT2D eigenvalue weighted by Gasteiger charge is 2.26. The fourth-order valence-electron chi connectivity index (χ4n) is 4.11. The predicted octanol–water partition coefficient (Wildman–Crippen LogP) is 2.14. The Kier molecular flexibility index (Phi) is 4.86. The van der Waals surface area contributed by atoms with E-state index in [1.807, 2.05) is 10.9 Å². The molecule has 2 aliphatic rings. The first-order valence-electron chi connectivity index (χ1n) is 9.61. The molecule has 1 aliphatic heterocycles. The molecule has 1 aliphatic carbocycles. The van der Waals surface area contributed by atoms with Crippen molar-refractivity contribution in [3.05, 3.63) is 35.5 Å². The number of aromatic nitrogens is 4. The van der Waals surface area contributed by atoms with Crippen molar-refractivity contribution in [2.24, 2.45) is 0 Å². The van der Waals surface area contributed by atoms with Gasteiger partial charge in [0, 0.05) is 37.6 Å². The largest absolute Gasteiger partial charge is 0.354 e. The normalized spacial score (nSPS) is 20.3. The standard InChI is InChI=1S/C19H26N6O/c1-20-19(26)17-9-11-25(23-17)14-6-5-10-24(12-14)18-15-7-3-2-4-8-16(15)21-13-22-18/h9,11,13-14H,2-8,10,12H2,1H3,(H,20,26)/t14-/m1/s1. The molecule has 0 unspecified atom stereocenters. The highest BCUT2D eigenvalue weighted by Crippen LogP contribution is 2.30. The molecule has 1 atom stereocenters. The molecule has 1 N–H and O–H groups in total. The minimum absolute atomic E-state index is 0.141. The fourth-order valence-corrected chi connectivity index (χ4v) is 4.11. The molecule has 26 heavy (non-hydrogen) atoms. The fraction of sp³-hybridized carbons (Fsp3) is 0.579. The van der Waals surface area contributed by atoms with Gasteiger partial charge in [-0.2, -0.15) is 5.10 Å². The first-order chi connectivity index (χ1) is 12.8. The Bertz CT molecular complexity index is 786. The van der Waals surface area contributed by atoms with Crippen LogP contribution in [0.15, 0.2) is 18.6 Å². The molecule has 138 valence electrons. The molecule has 0 saturated carbocycles. The summed E-state index contributed by atoms with van der Waals surface area (Å²) in [6.45, 7) is 1.89. The van der Waals surface area contributed by atoms with E-state index in [9.17, 15) is 4.79 Å². The summed E-state index contributed by atoms with van der Waals surface area (Å²) in [6, 6.07) is 2.05. The first-order valence-corrected chi connectivity index (χ1v) is 9.61. The molecule has 1 fully saturated rings. The van der Waals surface area contributed by atoms with Gasteiger partial charge in [0.1, 0.15) is 17.8 Å². The van der Waals surface area contributed by atoms with E-state index < -0.39 is 0 Å². The number of hydrogen-bond acceptors (Lipinski definition) is 5. The van der Waals surface area contributed by atoms with Crippen molar-refractivity contribution >= 4 is 11.7 Å². The van der Waals surface area contributed by atoms with E-state index in [0.717, 1.165) is 44.6 Å². The highest BCUT2D eigenvalue weighted by molar-refractivity contribution is 5.91. The molecule has 1 amide bonds. The van der Waals surface area contributed by atoms with Gasteiger partial charge in [0.2, 0.25) is 0 Å². The lowest BCUT2D eigenvalue weighted by Crippen LogP contribution is -2.38. The minimum Gasteiger partial charge on any atom is -0.354 e. The summed E-state index contributed by atoms with van der Waals surface area (Å²) in [5, 5.41) is 7.11. The minimum atomic E-state index is -0.141. The summed E-state index contributed by atoms with van der Waals surface area (Å²) >= 11 is 0. The van der Waals surface area contributed by atoms with Gasteiger partial charge in [0.25, 0.3) is 5.91 Å². The summed E-state index contributed by atoms with van der Waals surface area (Å²) in [6.07, 6.45) is 11.7. The number of anilines is 1. The van der Waals surface area contributed by atoms with Gasteiger partial charge in [-0.3, -0.25) is 9.48 Å². The third-order valence-electron chi connectivity index (χ3n) is 5.49. The van der Waals surface area contributed by atoms with Gasteiger partial charge >= 0.3 is 0 Å². The molecule has 0 bridgehead atoms. The quantitative estimate of drug-likeness (QED) is 0.855. The third kappa shape index (κ3) is 3.30. The smallest absolute Gasteiger partial charge is 0.271 e. The second-order valence-electron chi connectivity index (χ2n) is 7.19.